The van der Waals surface area contributed by atoms with Gasteiger partial charge in [0.1, 0.15) is 0 Å². The van der Waals surface area contributed by atoms with E-state index in [9.17, 15) is 0 Å². The number of aryl methyl sites for hydroxylation is 1. The quantitative estimate of drug-likeness (QED) is 0.707. The number of para-hydroxylation sites is 1. The van der Waals surface area contributed by atoms with Gasteiger partial charge in [-0.3, -0.25) is 0 Å². The Labute approximate surface area is 132 Å². The molecular formula is C20H24N2. The van der Waals surface area contributed by atoms with Crippen molar-refractivity contribution in [3.05, 3.63) is 78.0 Å². The molecule has 0 saturated heterocycles. The average molecular weight is 292 g/mol. The summed E-state index contributed by atoms with van der Waals surface area (Å²) in [6.07, 6.45) is 5.25. The van der Waals surface area contributed by atoms with Crippen LogP contribution in [-0.4, -0.2) is 11.5 Å². The number of allylic oxidation sites excluding steroid dienone is 1. The molecule has 0 fully saturated rings. The highest BCUT2D eigenvalue weighted by Crippen LogP contribution is 2.24. The molecule has 0 aliphatic carbocycles. The maximum atomic E-state index is 5.76. The molecule has 0 atom stereocenters. The molecule has 0 saturated carbocycles. The van der Waals surface area contributed by atoms with E-state index in [1.807, 2.05) is 30.5 Å². The first kappa shape index (κ1) is 16.1. The highest BCUT2D eigenvalue weighted by atomic mass is 14.7. The van der Waals surface area contributed by atoms with Crippen LogP contribution in [0.5, 0.6) is 0 Å². The Morgan fingerprint density at radius 2 is 1.73 bits per heavy atom. The van der Waals surface area contributed by atoms with Crippen LogP contribution in [0.4, 0.5) is 0 Å². The molecule has 0 aliphatic rings. The van der Waals surface area contributed by atoms with Gasteiger partial charge in [0.2, 0.25) is 0 Å². The number of nitrogens with one attached hydrogen (secondary N) is 1. The molecule has 114 valence electrons. The minimum atomic E-state index is 0.593. The Morgan fingerprint density at radius 1 is 1.05 bits per heavy atom. The van der Waals surface area contributed by atoms with E-state index in [1.165, 1.54) is 27.6 Å². The fourth-order valence-electron chi connectivity index (χ4n) is 2.42. The number of H-pyrrole nitrogens is 1. The summed E-state index contributed by atoms with van der Waals surface area (Å²) >= 11 is 0. The molecule has 0 spiro atoms. The van der Waals surface area contributed by atoms with E-state index in [2.05, 4.69) is 55.2 Å². The summed E-state index contributed by atoms with van der Waals surface area (Å²) in [5.74, 6) is 0. The second-order valence-corrected chi connectivity index (χ2v) is 5.24. The van der Waals surface area contributed by atoms with Crippen LogP contribution in [0.15, 0.2) is 66.9 Å². The first-order chi connectivity index (χ1) is 10.8. The van der Waals surface area contributed by atoms with Crippen molar-refractivity contribution in [2.45, 2.75) is 20.3 Å². The number of aromatic nitrogens is 1. The molecule has 1 aromatic heterocycles. The minimum absolute atomic E-state index is 0.593. The van der Waals surface area contributed by atoms with Gasteiger partial charge in [-0.2, -0.15) is 0 Å². The summed E-state index contributed by atoms with van der Waals surface area (Å²) in [7, 11) is 0. The predicted octanol–water partition coefficient (Wildman–Crippen LogP) is 4.92. The van der Waals surface area contributed by atoms with E-state index in [0.717, 1.165) is 6.42 Å². The Bertz CT molecular complexity index is 724. The van der Waals surface area contributed by atoms with Gasteiger partial charge in [0.05, 0.1) is 0 Å². The third-order valence-electron chi connectivity index (χ3n) is 3.55. The number of rotatable bonds is 3. The van der Waals surface area contributed by atoms with Crippen LogP contribution in [0.25, 0.3) is 16.5 Å². The van der Waals surface area contributed by atoms with Crippen molar-refractivity contribution in [3.8, 4) is 0 Å². The topological polar surface area (TPSA) is 41.8 Å². The lowest BCUT2D eigenvalue weighted by atomic mass is 10.0. The monoisotopic (exact) mass is 292 g/mol. The first-order valence-electron chi connectivity index (χ1n) is 7.73. The molecule has 0 bridgehead atoms. The fourth-order valence-corrected chi connectivity index (χ4v) is 2.42. The zero-order valence-corrected chi connectivity index (χ0v) is 13.3. The zero-order valence-electron chi connectivity index (χ0n) is 13.3. The predicted molar refractivity (Wildman–Crippen MR) is 96.8 cm³/mol. The van der Waals surface area contributed by atoms with Crippen LogP contribution in [0.1, 0.15) is 24.5 Å². The van der Waals surface area contributed by atoms with E-state index in [4.69, 9.17) is 5.73 Å². The number of fused-ring (bicyclic) bond motifs is 1. The van der Waals surface area contributed by atoms with Gasteiger partial charge in [0.25, 0.3) is 0 Å². The Hall–Kier alpha value is -2.32. The molecule has 3 aromatic rings. The maximum absolute atomic E-state index is 5.76. The number of aromatic amines is 1. The molecular weight excluding hydrogens is 268 g/mol. The molecule has 2 nitrogen and oxygen atoms in total. The molecule has 0 amide bonds. The van der Waals surface area contributed by atoms with Gasteiger partial charge in [-0.25, -0.2) is 0 Å². The number of benzene rings is 2. The Kier molecular flexibility index (Phi) is 5.99. The third-order valence-corrected chi connectivity index (χ3v) is 3.55. The summed E-state index contributed by atoms with van der Waals surface area (Å²) in [4.78, 5) is 3.26. The Balaban J connectivity index is 0.000000211. The summed E-state index contributed by atoms with van der Waals surface area (Å²) in [6, 6.07) is 18.6. The summed E-state index contributed by atoms with van der Waals surface area (Å²) in [5, 5.41) is 1.25. The highest BCUT2D eigenvalue weighted by molar-refractivity contribution is 5.92. The van der Waals surface area contributed by atoms with Crippen LogP contribution in [0.2, 0.25) is 0 Å². The summed E-state index contributed by atoms with van der Waals surface area (Å²) in [6.45, 7) is 4.81. The van der Waals surface area contributed by atoms with Gasteiger partial charge >= 0.3 is 0 Å². The van der Waals surface area contributed by atoms with Crippen LogP contribution >= 0.6 is 0 Å². The molecule has 3 rings (SSSR count). The number of hydrogen-bond donors (Lipinski definition) is 2. The van der Waals surface area contributed by atoms with Gasteiger partial charge in [-0.05, 0) is 25.0 Å². The van der Waals surface area contributed by atoms with Crippen molar-refractivity contribution in [3.63, 3.8) is 0 Å². The second-order valence-electron chi connectivity index (χ2n) is 5.24. The highest BCUT2D eigenvalue weighted by Gasteiger charge is 2.05. The molecule has 0 unspecified atom stereocenters. The summed E-state index contributed by atoms with van der Waals surface area (Å²) in [5.41, 5.74) is 10.7. The lowest BCUT2D eigenvalue weighted by Gasteiger charge is -2.02. The number of hydrogen-bond acceptors (Lipinski definition) is 1. The van der Waals surface area contributed by atoms with E-state index >= 15 is 0 Å². The van der Waals surface area contributed by atoms with Crippen LogP contribution in [0.3, 0.4) is 0 Å². The van der Waals surface area contributed by atoms with Crippen LogP contribution < -0.4 is 5.73 Å². The van der Waals surface area contributed by atoms with Gasteiger partial charge in [-0.15, -0.1) is 0 Å². The lowest BCUT2D eigenvalue weighted by molar-refractivity contribution is 1.19. The van der Waals surface area contributed by atoms with E-state index in [0.29, 0.717) is 6.54 Å². The van der Waals surface area contributed by atoms with Gasteiger partial charge < -0.3 is 10.7 Å². The molecule has 2 heteroatoms. The van der Waals surface area contributed by atoms with Crippen molar-refractivity contribution < 1.29 is 0 Å². The molecule has 1 heterocycles. The standard InChI is InChI=1S/C13H16N2.C7H8/c1-2-5-10(8-14)12-9-15-13-7-4-3-6-11(12)13;1-7-5-3-2-4-6-7/h3-7,9,15H,2,8,14H2,1H3;2-6H,1H3/b10-5+;. The van der Waals surface area contributed by atoms with Gasteiger partial charge in [0, 0.05) is 29.2 Å². The maximum Gasteiger partial charge on any atom is 0.0460 e. The molecule has 0 radical (unpaired) electrons. The zero-order chi connectivity index (χ0) is 15.8. The van der Waals surface area contributed by atoms with Gasteiger partial charge in [-0.1, -0.05) is 67.1 Å². The van der Waals surface area contributed by atoms with E-state index in [-0.39, 0.29) is 0 Å². The van der Waals surface area contributed by atoms with Crippen molar-refractivity contribution in [1.29, 1.82) is 0 Å². The smallest absolute Gasteiger partial charge is 0.0460 e. The molecule has 0 aliphatic heterocycles. The van der Waals surface area contributed by atoms with Crippen molar-refractivity contribution in [2.24, 2.45) is 5.73 Å². The molecule has 22 heavy (non-hydrogen) atoms. The van der Waals surface area contributed by atoms with Crippen LogP contribution in [-0.2, 0) is 0 Å². The normalized spacial score (nSPS) is 11.1. The van der Waals surface area contributed by atoms with Crippen molar-refractivity contribution >= 4 is 16.5 Å². The average Bonchev–Trinajstić information content (AvgIpc) is 2.98. The molecule has 3 N–H and O–H groups in total. The second kappa shape index (κ2) is 8.20. The third kappa shape index (κ3) is 4.09. The first-order valence-corrected chi connectivity index (χ1v) is 7.73. The van der Waals surface area contributed by atoms with Crippen molar-refractivity contribution in [2.75, 3.05) is 6.54 Å². The van der Waals surface area contributed by atoms with Crippen molar-refractivity contribution in [1.82, 2.24) is 4.98 Å². The van der Waals surface area contributed by atoms with E-state index < -0.39 is 0 Å². The Morgan fingerprint density at radius 3 is 2.32 bits per heavy atom. The SMILES string of the molecule is CC/C=C(\CN)c1c[nH]c2ccccc12.Cc1ccccc1. The largest absolute Gasteiger partial charge is 0.361 e. The lowest BCUT2D eigenvalue weighted by Crippen LogP contribution is -2.01. The van der Waals surface area contributed by atoms with Crippen LogP contribution in [0, 0.1) is 6.92 Å². The number of nitrogens with two attached hydrogens (primary N) is 1. The van der Waals surface area contributed by atoms with Gasteiger partial charge in [0.15, 0.2) is 0 Å². The molecule has 2 aromatic carbocycles. The fraction of sp³-hybridized carbons (Fsp3) is 0.200. The van der Waals surface area contributed by atoms with E-state index in [1.54, 1.807) is 0 Å². The summed E-state index contributed by atoms with van der Waals surface area (Å²) < 4.78 is 0. The minimum Gasteiger partial charge on any atom is -0.361 e.